The first-order valence-electron chi connectivity index (χ1n) is 6.36. The van der Waals surface area contributed by atoms with Gasteiger partial charge in [0.05, 0.1) is 0 Å². The van der Waals surface area contributed by atoms with Crippen molar-refractivity contribution in [1.82, 2.24) is 9.55 Å². The summed E-state index contributed by atoms with van der Waals surface area (Å²) in [4.78, 5) is 4.42. The number of aryl methyl sites for hydroxylation is 1. The van der Waals surface area contributed by atoms with Crippen molar-refractivity contribution in [3.05, 3.63) is 35.7 Å². The van der Waals surface area contributed by atoms with Gasteiger partial charge < -0.3 is 10.3 Å². The summed E-state index contributed by atoms with van der Waals surface area (Å²) >= 11 is 0. The lowest BCUT2D eigenvalue weighted by molar-refractivity contribution is 0.397. The Morgan fingerprint density at radius 3 is 2.89 bits per heavy atom. The Morgan fingerprint density at radius 2 is 2.16 bits per heavy atom. The molecular weight excluding hydrogens is 248 g/mol. The molecule has 5 heteroatoms. The van der Waals surface area contributed by atoms with Gasteiger partial charge in [0.15, 0.2) is 0 Å². The van der Waals surface area contributed by atoms with Crippen LogP contribution in [0.1, 0.15) is 19.2 Å². The number of hydrogen-bond acceptors (Lipinski definition) is 2. The van der Waals surface area contributed by atoms with Crippen molar-refractivity contribution < 1.29 is 8.78 Å². The van der Waals surface area contributed by atoms with E-state index in [1.165, 1.54) is 12.1 Å². The van der Waals surface area contributed by atoms with E-state index in [9.17, 15) is 8.78 Å². The minimum atomic E-state index is -0.629. The molecule has 1 aliphatic rings. The van der Waals surface area contributed by atoms with Crippen molar-refractivity contribution in [2.24, 2.45) is 5.92 Å². The molecule has 1 aromatic carbocycles. The van der Waals surface area contributed by atoms with Crippen LogP contribution in [0.4, 0.5) is 14.6 Å². The van der Waals surface area contributed by atoms with E-state index in [0.29, 0.717) is 17.4 Å². The van der Waals surface area contributed by atoms with Crippen LogP contribution in [-0.2, 0) is 13.0 Å². The summed E-state index contributed by atoms with van der Waals surface area (Å²) in [5.41, 5.74) is 6.74. The lowest BCUT2D eigenvalue weighted by atomic mass is 10.0. The molecule has 1 aromatic heterocycles. The maximum absolute atomic E-state index is 13.8. The fourth-order valence-electron chi connectivity index (χ4n) is 2.57. The average molecular weight is 263 g/mol. The standard InChI is InChI=1S/C14H15F2N3/c1-8-2-5-12-18-13(14(17)19(12)7-8)10-4-3-9(15)6-11(10)16/h3-4,6,8H,2,5,7,17H2,1H3. The number of nitrogen functional groups attached to an aromatic ring is 1. The fraction of sp³-hybridized carbons (Fsp3) is 0.357. The number of anilines is 1. The number of aromatic nitrogens is 2. The molecule has 100 valence electrons. The van der Waals surface area contributed by atoms with E-state index in [1.54, 1.807) is 0 Å². The maximum Gasteiger partial charge on any atom is 0.135 e. The van der Waals surface area contributed by atoms with Crippen molar-refractivity contribution in [2.45, 2.75) is 26.3 Å². The van der Waals surface area contributed by atoms with Crippen molar-refractivity contribution in [2.75, 3.05) is 5.73 Å². The number of nitrogens with two attached hydrogens (primary N) is 1. The highest BCUT2D eigenvalue weighted by Crippen LogP contribution is 2.32. The van der Waals surface area contributed by atoms with Gasteiger partial charge in [0, 0.05) is 24.6 Å². The molecule has 0 amide bonds. The van der Waals surface area contributed by atoms with E-state index in [-0.39, 0.29) is 5.56 Å². The smallest absolute Gasteiger partial charge is 0.135 e. The summed E-state index contributed by atoms with van der Waals surface area (Å²) in [6.45, 7) is 2.96. The predicted octanol–water partition coefficient (Wildman–Crippen LogP) is 2.99. The minimum absolute atomic E-state index is 0.258. The van der Waals surface area contributed by atoms with Crippen LogP contribution >= 0.6 is 0 Å². The Kier molecular flexibility index (Phi) is 2.77. The van der Waals surface area contributed by atoms with Gasteiger partial charge in [-0.2, -0.15) is 0 Å². The van der Waals surface area contributed by atoms with Gasteiger partial charge in [-0.3, -0.25) is 0 Å². The largest absolute Gasteiger partial charge is 0.383 e. The molecule has 2 N–H and O–H groups in total. The molecule has 1 aliphatic heterocycles. The minimum Gasteiger partial charge on any atom is -0.383 e. The second-order valence-corrected chi connectivity index (χ2v) is 5.14. The van der Waals surface area contributed by atoms with Gasteiger partial charge in [0.25, 0.3) is 0 Å². The highest BCUT2D eigenvalue weighted by Gasteiger charge is 2.23. The zero-order valence-corrected chi connectivity index (χ0v) is 10.7. The van der Waals surface area contributed by atoms with E-state index in [1.807, 2.05) is 4.57 Å². The number of imidazole rings is 1. The monoisotopic (exact) mass is 263 g/mol. The second-order valence-electron chi connectivity index (χ2n) is 5.14. The average Bonchev–Trinajstić information content (AvgIpc) is 2.67. The molecule has 0 saturated heterocycles. The Hall–Kier alpha value is -1.91. The zero-order chi connectivity index (χ0) is 13.6. The van der Waals surface area contributed by atoms with Gasteiger partial charge in [-0.25, -0.2) is 13.8 Å². The SMILES string of the molecule is CC1CCc2nc(-c3ccc(F)cc3F)c(N)n2C1. The fourth-order valence-corrected chi connectivity index (χ4v) is 2.57. The number of rotatable bonds is 1. The molecule has 2 aromatic rings. The predicted molar refractivity (Wildman–Crippen MR) is 69.5 cm³/mol. The highest BCUT2D eigenvalue weighted by atomic mass is 19.1. The molecule has 1 atom stereocenters. The molecule has 0 saturated carbocycles. The van der Waals surface area contributed by atoms with E-state index in [2.05, 4.69) is 11.9 Å². The van der Waals surface area contributed by atoms with E-state index >= 15 is 0 Å². The normalized spacial score (nSPS) is 18.4. The molecule has 0 aliphatic carbocycles. The molecule has 19 heavy (non-hydrogen) atoms. The van der Waals surface area contributed by atoms with Gasteiger partial charge in [-0.1, -0.05) is 6.92 Å². The summed E-state index contributed by atoms with van der Waals surface area (Å²) in [6.07, 6.45) is 1.90. The van der Waals surface area contributed by atoms with Crippen LogP contribution < -0.4 is 5.73 Å². The molecule has 0 fully saturated rings. The lowest BCUT2D eigenvalue weighted by Gasteiger charge is -2.20. The van der Waals surface area contributed by atoms with Crippen LogP contribution in [0.3, 0.4) is 0 Å². The molecule has 0 radical (unpaired) electrons. The Morgan fingerprint density at radius 1 is 1.37 bits per heavy atom. The van der Waals surface area contributed by atoms with Gasteiger partial charge in [-0.15, -0.1) is 0 Å². The van der Waals surface area contributed by atoms with Crippen LogP contribution in [0, 0.1) is 17.6 Å². The highest BCUT2D eigenvalue weighted by molar-refractivity contribution is 5.71. The van der Waals surface area contributed by atoms with Crippen molar-refractivity contribution in [3.8, 4) is 11.3 Å². The van der Waals surface area contributed by atoms with Crippen LogP contribution in [-0.4, -0.2) is 9.55 Å². The molecule has 0 spiro atoms. The van der Waals surface area contributed by atoms with Gasteiger partial charge in [-0.05, 0) is 24.5 Å². The van der Waals surface area contributed by atoms with E-state index in [0.717, 1.165) is 31.3 Å². The molecule has 2 heterocycles. The van der Waals surface area contributed by atoms with Crippen LogP contribution in [0.15, 0.2) is 18.2 Å². The molecule has 3 nitrogen and oxygen atoms in total. The third-order valence-corrected chi connectivity index (χ3v) is 3.63. The molecule has 3 rings (SSSR count). The first-order chi connectivity index (χ1) is 9.06. The summed E-state index contributed by atoms with van der Waals surface area (Å²) in [5.74, 6) is 0.656. The summed E-state index contributed by atoms with van der Waals surface area (Å²) in [7, 11) is 0. The first-order valence-corrected chi connectivity index (χ1v) is 6.36. The van der Waals surface area contributed by atoms with E-state index < -0.39 is 11.6 Å². The van der Waals surface area contributed by atoms with Gasteiger partial charge in [0.1, 0.15) is 29.0 Å². The van der Waals surface area contributed by atoms with Gasteiger partial charge in [0.2, 0.25) is 0 Å². The maximum atomic E-state index is 13.8. The van der Waals surface area contributed by atoms with Gasteiger partial charge >= 0.3 is 0 Å². The summed E-state index contributed by atoms with van der Waals surface area (Å²) < 4.78 is 28.7. The van der Waals surface area contributed by atoms with E-state index in [4.69, 9.17) is 5.73 Å². The Balaban J connectivity index is 2.11. The Labute approximate surface area is 110 Å². The zero-order valence-electron chi connectivity index (χ0n) is 10.7. The third-order valence-electron chi connectivity index (χ3n) is 3.63. The molecule has 0 bridgehead atoms. The lowest BCUT2D eigenvalue weighted by Crippen LogP contribution is -2.19. The second kappa shape index (κ2) is 4.33. The van der Waals surface area contributed by atoms with Crippen molar-refractivity contribution in [3.63, 3.8) is 0 Å². The third kappa shape index (κ3) is 1.99. The first kappa shape index (κ1) is 12.1. The van der Waals surface area contributed by atoms with Crippen molar-refractivity contribution >= 4 is 5.82 Å². The summed E-state index contributed by atoms with van der Waals surface area (Å²) in [5, 5.41) is 0. The number of hydrogen-bond donors (Lipinski definition) is 1. The number of halogens is 2. The van der Waals surface area contributed by atoms with Crippen LogP contribution in [0.5, 0.6) is 0 Å². The van der Waals surface area contributed by atoms with Crippen LogP contribution in [0.2, 0.25) is 0 Å². The topological polar surface area (TPSA) is 43.8 Å². The molecule has 1 unspecified atom stereocenters. The van der Waals surface area contributed by atoms with Crippen molar-refractivity contribution in [1.29, 1.82) is 0 Å². The Bertz CT molecular complexity index is 634. The quantitative estimate of drug-likeness (QED) is 0.859. The van der Waals surface area contributed by atoms with Crippen LogP contribution in [0.25, 0.3) is 11.3 Å². The molecular formula is C14H15F2N3. The number of benzene rings is 1. The number of fused-ring (bicyclic) bond motifs is 1. The summed E-state index contributed by atoms with van der Waals surface area (Å²) in [6, 6.07) is 3.47. The number of nitrogens with zero attached hydrogens (tertiary/aromatic N) is 2.